The number of rotatable bonds is 7. The van der Waals surface area contributed by atoms with E-state index in [4.69, 9.17) is 0 Å². The third kappa shape index (κ3) is 17.3. The van der Waals surface area contributed by atoms with Gasteiger partial charge in [-0.3, -0.25) is 23.2 Å². The Balaban J connectivity index is 0.000000106. The van der Waals surface area contributed by atoms with Gasteiger partial charge in [0, 0.05) is 122 Å². The monoisotopic (exact) mass is 1490 g/mol. The van der Waals surface area contributed by atoms with E-state index >= 15 is 0 Å². The largest absolute Gasteiger partial charge is 0.304 e. The molecule has 21 rings (SSSR count). The summed E-state index contributed by atoms with van der Waals surface area (Å²) in [5.41, 5.74) is 25.6. The minimum Gasteiger partial charge on any atom is -0.304 e. The maximum atomic E-state index is 4.65. The minimum absolute atomic E-state index is 0.749. The molecule has 0 fully saturated rings. The highest BCUT2D eigenvalue weighted by Gasteiger charge is 2.16. The van der Waals surface area contributed by atoms with E-state index in [9.17, 15) is 0 Å². The van der Waals surface area contributed by atoms with E-state index < -0.39 is 0 Å². The second-order valence-corrected chi connectivity index (χ2v) is 27.4. The third-order valence-electron chi connectivity index (χ3n) is 19.8. The van der Waals surface area contributed by atoms with Crippen molar-refractivity contribution in [3.63, 3.8) is 0 Å². The summed E-state index contributed by atoms with van der Waals surface area (Å²) < 4.78 is 8.26. The Morgan fingerprint density at radius 2 is 0.626 bits per heavy atom. The molecule has 0 bridgehead atoms. The highest BCUT2D eigenvalue weighted by molar-refractivity contribution is 5.97. The molecule has 0 saturated heterocycles. The molecule has 0 amide bonds. The van der Waals surface area contributed by atoms with Gasteiger partial charge in [-0.25, -0.2) is 39.9 Å². The first kappa shape index (κ1) is 75.4. The van der Waals surface area contributed by atoms with E-state index in [0.29, 0.717) is 0 Å². The summed E-state index contributed by atoms with van der Waals surface area (Å²) in [6.45, 7) is 14.4. The number of fused-ring (bicyclic) bond motifs is 7. The Labute approximate surface area is 668 Å². The quantitative estimate of drug-likeness (QED) is 0.151. The van der Waals surface area contributed by atoms with E-state index in [-0.39, 0.29) is 0 Å². The van der Waals surface area contributed by atoms with E-state index in [1.165, 1.54) is 71.9 Å². The number of benzene rings is 10. The number of aryl methyl sites for hydroxylation is 7. The van der Waals surface area contributed by atoms with E-state index in [2.05, 4.69) is 251 Å². The van der Waals surface area contributed by atoms with Crippen molar-refractivity contribution in [2.24, 2.45) is 0 Å². The van der Waals surface area contributed by atoms with Gasteiger partial charge in [0.25, 0.3) is 0 Å². The molecular formula is C101H84N14. The van der Waals surface area contributed by atoms with Crippen LogP contribution in [0.2, 0.25) is 0 Å². The van der Waals surface area contributed by atoms with Crippen LogP contribution in [0.5, 0.6) is 0 Å². The number of aromatic nitrogens is 14. The van der Waals surface area contributed by atoms with Crippen molar-refractivity contribution in [3.8, 4) is 78.7 Å². The fourth-order valence-corrected chi connectivity index (χ4v) is 14.3. The molecule has 0 N–H and O–H groups in total. The molecule has 0 aliphatic carbocycles. The van der Waals surface area contributed by atoms with Gasteiger partial charge in [0.1, 0.15) is 17.1 Å². The second kappa shape index (κ2) is 35.8. The van der Waals surface area contributed by atoms with Crippen LogP contribution in [0.4, 0.5) is 0 Å². The van der Waals surface area contributed by atoms with Crippen LogP contribution in [0.25, 0.3) is 134 Å². The molecule has 11 heterocycles. The predicted octanol–water partition coefficient (Wildman–Crippen LogP) is 24.1. The molecule has 0 spiro atoms. The van der Waals surface area contributed by atoms with Gasteiger partial charge in [-0.1, -0.05) is 291 Å². The van der Waals surface area contributed by atoms with Gasteiger partial charge >= 0.3 is 0 Å². The lowest BCUT2D eigenvalue weighted by atomic mass is 9.98. The number of hydrogen-bond donors (Lipinski definition) is 0. The summed E-state index contributed by atoms with van der Waals surface area (Å²) in [4.78, 5) is 44.7. The summed E-state index contributed by atoms with van der Waals surface area (Å²) >= 11 is 0. The smallest absolute Gasteiger partial charge is 0.234 e. The summed E-state index contributed by atoms with van der Waals surface area (Å²) in [7, 11) is 0. The van der Waals surface area contributed by atoms with E-state index in [0.717, 1.165) is 102 Å². The molecule has 0 aliphatic heterocycles. The lowest BCUT2D eigenvalue weighted by Crippen LogP contribution is -1.93. The second-order valence-electron chi connectivity index (χ2n) is 27.4. The fourth-order valence-electron chi connectivity index (χ4n) is 14.3. The summed E-state index contributed by atoms with van der Waals surface area (Å²) in [6.07, 6.45) is 15.5. The lowest BCUT2D eigenvalue weighted by molar-refractivity contribution is 1.06. The third-order valence-corrected chi connectivity index (χ3v) is 19.8. The number of para-hydroxylation sites is 1. The van der Waals surface area contributed by atoms with Gasteiger partial charge in [-0.05, 0) is 113 Å². The first-order valence-corrected chi connectivity index (χ1v) is 38.3. The molecule has 0 atom stereocenters. The maximum Gasteiger partial charge on any atom is 0.234 e. The standard InChI is InChI=1S/2C16H13N.C15H12N2.2C14H12N2.2C13H11N3/c1-12-16(13-7-3-2-4-8-13)15-10-6-5-9-14(15)11-17-12;1-12-15-10-6-5-9-14(15)11-17-16(12)13-7-3-2-4-8-13;1-11-16-14-10-6-5-9-13(14)15(17-11)12-7-3-2-4-8-12;1-11-14(12-7-3-2-4-8-12)15-13-9-5-6-10-16(11)13;1-11-14(12-7-3-2-4-8-12)16-10-6-5-9-13(16)15-11;1-10-12(11-6-3-2-4-7-11)15-13-14-8-5-9-16(10)13;1-10-12(11-6-3-2-4-7-11)16-9-5-8-14-13(16)15-10/h2*2-11H,1H3;2-10H,1H3;2*2-10H,1H3;2*2-9H,1H3. The number of pyridine rings is 4. The first-order valence-electron chi connectivity index (χ1n) is 38.3. The number of imidazole rings is 4. The van der Waals surface area contributed by atoms with Crippen molar-refractivity contribution < 1.29 is 0 Å². The molecule has 0 saturated carbocycles. The Kier molecular flexibility index (Phi) is 23.5. The average molecular weight is 1490 g/mol. The molecular weight excluding hydrogens is 1410 g/mol. The normalized spacial score (nSPS) is 10.7. The maximum absolute atomic E-state index is 4.65. The van der Waals surface area contributed by atoms with Gasteiger partial charge < -0.3 is 4.40 Å². The first-order chi connectivity index (χ1) is 56.5. The Morgan fingerprint density at radius 3 is 1.18 bits per heavy atom. The van der Waals surface area contributed by atoms with Crippen molar-refractivity contribution >= 4 is 55.3 Å². The van der Waals surface area contributed by atoms with Gasteiger partial charge in [0.15, 0.2) is 0 Å². The molecule has 11 aromatic heterocycles. The highest BCUT2D eigenvalue weighted by atomic mass is 15.1. The number of nitrogens with zero attached hydrogens (tertiary/aromatic N) is 14. The predicted molar refractivity (Wildman–Crippen MR) is 471 cm³/mol. The Morgan fingerprint density at radius 1 is 0.235 bits per heavy atom. The van der Waals surface area contributed by atoms with E-state index in [1.54, 1.807) is 12.4 Å². The SMILES string of the molecule is Cc1c(-c2ccccc2)nc2ccccn12.Cc1c(-c2ccccc2)nc2ncccn12.Cc1c(-c2ccccc2)ncc2ccccc12.Cc1nc(-c2ccccc2)c2ccccc2n1.Cc1nc2ccccn2c1-c1ccccc1.Cc1nc2ncccn2c1-c1ccccc1.Cc1ncc2ccccc2c1-c1ccccc1. The summed E-state index contributed by atoms with van der Waals surface area (Å²) in [5, 5.41) is 6.04. The minimum atomic E-state index is 0.749. The molecule has 0 aliphatic rings. The average Bonchev–Trinajstić information content (AvgIpc) is 1.49. The van der Waals surface area contributed by atoms with Crippen molar-refractivity contribution in [1.82, 2.24) is 67.4 Å². The zero-order valence-electron chi connectivity index (χ0n) is 65.1. The molecule has 0 radical (unpaired) electrons. The van der Waals surface area contributed by atoms with Crippen LogP contribution >= 0.6 is 0 Å². The molecule has 115 heavy (non-hydrogen) atoms. The number of hydrogen-bond acceptors (Lipinski definition) is 10. The van der Waals surface area contributed by atoms with Gasteiger partial charge in [-0.2, -0.15) is 0 Å². The van der Waals surface area contributed by atoms with Crippen LogP contribution < -0.4 is 0 Å². The van der Waals surface area contributed by atoms with Crippen LogP contribution in [-0.4, -0.2) is 67.4 Å². The highest BCUT2D eigenvalue weighted by Crippen LogP contribution is 2.33. The summed E-state index contributed by atoms with van der Waals surface area (Å²) in [5.74, 6) is 2.31. The Bertz CT molecular complexity index is 6550. The molecule has 14 nitrogen and oxygen atoms in total. The van der Waals surface area contributed by atoms with Crippen LogP contribution in [-0.2, 0) is 0 Å². The van der Waals surface area contributed by atoms with Crippen LogP contribution in [0, 0.1) is 48.5 Å². The molecule has 0 unspecified atom stereocenters. The van der Waals surface area contributed by atoms with Gasteiger partial charge in [0.05, 0.1) is 51.1 Å². The van der Waals surface area contributed by atoms with Crippen molar-refractivity contribution in [1.29, 1.82) is 0 Å². The molecule has 14 heteroatoms. The molecule has 10 aromatic carbocycles. The van der Waals surface area contributed by atoms with Crippen LogP contribution in [0.3, 0.4) is 0 Å². The van der Waals surface area contributed by atoms with Crippen LogP contribution in [0.15, 0.2) is 383 Å². The van der Waals surface area contributed by atoms with Crippen LogP contribution in [0.1, 0.15) is 39.9 Å². The topological polar surface area (TPSA) is 147 Å². The molecule has 558 valence electrons. The zero-order valence-corrected chi connectivity index (χ0v) is 65.1. The Hall–Kier alpha value is -15.0. The van der Waals surface area contributed by atoms with E-state index in [1.807, 2.05) is 236 Å². The zero-order chi connectivity index (χ0) is 78.8. The summed E-state index contributed by atoms with van der Waals surface area (Å²) in [6, 6.07) is 113. The molecule has 21 aromatic rings. The van der Waals surface area contributed by atoms with Crippen molar-refractivity contribution in [2.75, 3.05) is 0 Å². The van der Waals surface area contributed by atoms with Gasteiger partial charge in [-0.15, -0.1) is 0 Å². The lowest BCUT2D eigenvalue weighted by Gasteiger charge is -2.09. The van der Waals surface area contributed by atoms with Crippen molar-refractivity contribution in [2.45, 2.75) is 48.5 Å². The van der Waals surface area contributed by atoms with Crippen molar-refractivity contribution in [3.05, 3.63) is 423 Å². The fraction of sp³-hybridized carbons (Fsp3) is 0.0693. The van der Waals surface area contributed by atoms with Gasteiger partial charge in [0.2, 0.25) is 11.6 Å².